The number of hydrogen-bond donors (Lipinski definition) is 0. The van der Waals surface area contributed by atoms with Crippen LogP contribution in [-0.2, 0) is 10.6 Å². The standard InChI is InChI=1S/C18H27F3OSi2/c1-23(2,15-10-8-14(9-11-15)18(19,20)21)16-7-5-6-13-12-22-24(3,4)17(13)16/h8-11,13,16-17H,5-7,12H2,1-4H3/t13-,16-,17+/m0/s1. The molecule has 2 fully saturated rings. The number of benzene rings is 1. The molecular formula is C18H27F3OSi2. The fourth-order valence-corrected chi connectivity index (χ4v) is 14.4. The van der Waals surface area contributed by atoms with Gasteiger partial charge in [-0.3, -0.25) is 0 Å². The Labute approximate surface area is 144 Å². The van der Waals surface area contributed by atoms with Crippen molar-refractivity contribution in [2.24, 2.45) is 5.92 Å². The molecule has 1 aromatic rings. The highest BCUT2D eigenvalue weighted by Gasteiger charge is 2.55. The van der Waals surface area contributed by atoms with E-state index < -0.39 is 28.1 Å². The number of hydrogen-bond acceptors (Lipinski definition) is 1. The van der Waals surface area contributed by atoms with Crippen molar-refractivity contribution in [3.63, 3.8) is 0 Å². The number of halogens is 3. The van der Waals surface area contributed by atoms with Crippen LogP contribution in [0.3, 0.4) is 0 Å². The van der Waals surface area contributed by atoms with Crippen molar-refractivity contribution in [2.75, 3.05) is 6.61 Å². The molecule has 3 rings (SSSR count). The van der Waals surface area contributed by atoms with Crippen LogP contribution in [0.15, 0.2) is 24.3 Å². The van der Waals surface area contributed by atoms with E-state index in [2.05, 4.69) is 26.2 Å². The van der Waals surface area contributed by atoms with Crippen molar-refractivity contribution in [2.45, 2.75) is 62.7 Å². The summed E-state index contributed by atoms with van der Waals surface area (Å²) in [5.74, 6) is 0.673. The molecule has 0 aromatic heterocycles. The average molecular weight is 373 g/mol. The van der Waals surface area contributed by atoms with E-state index in [1.807, 2.05) is 0 Å². The van der Waals surface area contributed by atoms with Gasteiger partial charge in [0, 0.05) is 6.61 Å². The second kappa shape index (κ2) is 5.99. The molecule has 1 aromatic carbocycles. The zero-order valence-corrected chi connectivity index (χ0v) is 16.9. The van der Waals surface area contributed by atoms with Crippen molar-refractivity contribution in [3.05, 3.63) is 29.8 Å². The normalized spacial score (nSPS) is 30.2. The molecule has 0 unspecified atom stereocenters. The van der Waals surface area contributed by atoms with Gasteiger partial charge >= 0.3 is 6.18 Å². The second-order valence-electron chi connectivity index (χ2n) is 8.53. The quantitative estimate of drug-likeness (QED) is 0.632. The lowest BCUT2D eigenvalue weighted by molar-refractivity contribution is -0.137. The lowest BCUT2D eigenvalue weighted by atomic mass is 9.89. The lowest BCUT2D eigenvalue weighted by Gasteiger charge is -2.45. The summed E-state index contributed by atoms with van der Waals surface area (Å²) < 4.78 is 44.8. The molecule has 3 atom stereocenters. The van der Waals surface area contributed by atoms with Crippen LogP contribution in [0.2, 0.25) is 37.3 Å². The van der Waals surface area contributed by atoms with E-state index in [1.165, 1.54) is 31.4 Å². The van der Waals surface area contributed by atoms with E-state index in [9.17, 15) is 13.2 Å². The van der Waals surface area contributed by atoms with Crippen molar-refractivity contribution in [1.82, 2.24) is 0 Å². The van der Waals surface area contributed by atoms with Crippen LogP contribution in [-0.4, -0.2) is 23.0 Å². The minimum absolute atomic E-state index is 0.545. The van der Waals surface area contributed by atoms with Crippen molar-refractivity contribution in [1.29, 1.82) is 0 Å². The number of fused-ring (bicyclic) bond motifs is 1. The first-order valence-corrected chi connectivity index (χ1v) is 14.9. The van der Waals surface area contributed by atoms with Gasteiger partial charge in [0.1, 0.15) is 0 Å². The summed E-state index contributed by atoms with van der Waals surface area (Å²) in [6.07, 6.45) is -0.554. The number of rotatable bonds is 2. The summed E-state index contributed by atoms with van der Waals surface area (Å²) in [4.78, 5) is 0. The van der Waals surface area contributed by atoms with E-state index in [0.717, 1.165) is 11.8 Å². The summed E-state index contributed by atoms with van der Waals surface area (Å²) in [6, 6.07) is 6.00. The molecule has 6 heteroatoms. The van der Waals surface area contributed by atoms with E-state index in [4.69, 9.17) is 4.43 Å². The summed E-state index contributed by atoms with van der Waals surface area (Å²) >= 11 is 0. The summed E-state index contributed by atoms with van der Waals surface area (Å²) in [6.45, 7) is 10.2. The highest BCUT2D eigenvalue weighted by atomic mass is 28.4. The Morgan fingerprint density at radius 3 is 2.29 bits per heavy atom. The van der Waals surface area contributed by atoms with E-state index in [1.54, 1.807) is 12.1 Å². The maximum atomic E-state index is 12.8. The molecule has 1 nitrogen and oxygen atoms in total. The molecule has 1 aliphatic carbocycles. The molecule has 0 amide bonds. The van der Waals surface area contributed by atoms with E-state index in [-0.39, 0.29) is 0 Å². The third-order valence-electron chi connectivity index (χ3n) is 6.39. The minimum atomic E-state index is -4.26. The molecule has 1 aliphatic heterocycles. The predicted molar refractivity (Wildman–Crippen MR) is 96.8 cm³/mol. The van der Waals surface area contributed by atoms with Crippen LogP contribution in [0.25, 0.3) is 0 Å². The maximum absolute atomic E-state index is 12.8. The first kappa shape index (κ1) is 18.2. The third kappa shape index (κ3) is 3.12. The van der Waals surface area contributed by atoms with Gasteiger partial charge in [-0.2, -0.15) is 13.2 Å². The third-order valence-corrected chi connectivity index (χ3v) is 14.4. The average Bonchev–Trinajstić information content (AvgIpc) is 2.82. The van der Waals surface area contributed by atoms with Crippen LogP contribution >= 0.6 is 0 Å². The van der Waals surface area contributed by atoms with Crippen LogP contribution in [0.1, 0.15) is 24.8 Å². The molecule has 1 saturated carbocycles. The van der Waals surface area contributed by atoms with Gasteiger partial charge in [0.25, 0.3) is 0 Å². The van der Waals surface area contributed by atoms with E-state index >= 15 is 0 Å². The predicted octanol–water partition coefficient (Wildman–Crippen LogP) is 5.40. The molecule has 1 saturated heterocycles. The van der Waals surface area contributed by atoms with Gasteiger partial charge in [-0.05, 0) is 36.5 Å². The Balaban J connectivity index is 1.91. The highest BCUT2D eigenvalue weighted by Crippen LogP contribution is 2.56. The fourth-order valence-electron chi connectivity index (χ4n) is 5.06. The van der Waals surface area contributed by atoms with Crippen LogP contribution < -0.4 is 5.19 Å². The molecule has 0 radical (unpaired) electrons. The van der Waals surface area contributed by atoms with Crippen molar-refractivity contribution in [3.8, 4) is 0 Å². The molecule has 0 N–H and O–H groups in total. The van der Waals surface area contributed by atoms with Gasteiger partial charge in [-0.15, -0.1) is 0 Å². The highest BCUT2D eigenvalue weighted by molar-refractivity contribution is 6.92. The Morgan fingerprint density at radius 2 is 1.71 bits per heavy atom. The Morgan fingerprint density at radius 1 is 1.08 bits per heavy atom. The van der Waals surface area contributed by atoms with Crippen molar-refractivity contribution < 1.29 is 17.6 Å². The summed E-state index contributed by atoms with van der Waals surface area (Å²) in [5, 5.41) is 1.15. The van der Waals surface area contributed by atoms with Crippen LogP contribution in [0.5, 0.6) is 0 Å². The Kier molecular flexibility index (Phi) is 4.54. The molecule has 0 spiro atoms. The molecule has 24 heavy (non-hydrogen) atoms. The minimum Gasteiger partial charge on any atom is -0.417 e. The molecule has 2 aliphatic rings. The van der Waals surface area contributed by atoms with Gasteiger partial charge in [0.2, 0.25) is 0 Å². The van der Waals surface area contributed by atoms with Gasteiger partial charge in [0.15, 0.2) is 8.32 Å². The van der Waals surface area contributed by atoms with Gasteiger partial charge in [0.05, 0.1) is 13.6 Å². The monoisotopic (exact) mass is 372 g/mol. The van der Waals surface area contributed by atoms with Gasteiger partial charge in [-0.1, -0.05) is 55.4 Å². The molecule has 134 valence electrons. The zero-order chi connectivity index (χ0) is 17.8. The maximum Gasteiger partial charge on any atom is 0.416 e. The largest absolute Gasteiger partial charge is 0.417 e. The second-order valence-corrected chi connectivity index (χ2v) is 17.5. The van der Waals surface area contributed by atoms with Crippen LogP contribution in [0.4, 0.5) is 13.2 Å². The van der Waals surface area contributed by atoms with Crippen molar-refractivity contribution >= 4 is 21.6 Å². The number of alkyl halides is 3. The SMILES string of the molecule is C[Si]1(C)OC[C@@H]2CCC[C@H]([Si](C)(C)c3ccc(C(F)(F)F)cc3)[C@@H]21. The fraction of sp³-hybridized carbons (Fsp3) is 0.667. The topological polar surface area (TPSA) is 9.23 Å². The first-order chi connectivity index (χ1) is 11.0. The van der Waals surface area contributed by atoms with Gasteiger partial charge < -0.3 is 4.43 Å². The summed E-state index contributed by atoms with van der Waals surface area (Å²) in [7, 11) is -3.54. The van der Waals surface area contributed by atoms with Gasteiger partial charge in [-0.25, -0.2) is 0 Å². The lowest BCUT2D eigenvalue weighted by Crippen LogP contribution is -2.52. The first-order valence-electron chi connectivity index (χ1n) is 8.85. The van der Waals surface area contributed by atoms with Crippen LogP contribution in [0, 0.1) is 5.92 Å². The molecule has 0 bridgehead atoms. The zero-order valence-electron chi connectivity index (χ0n) is 14.9. The Bertz CT molecular complexity index is 595. The van der Waals surface area contributed by atoms with E-state index in [0.29, 0.717) is 17.0 Å². The Hall–Kier alpha value is -0.596. The smallest absolute Gasteiger partial charge is 0.416 e. The molecular weight excluding hydrogens is 345 g/mol. The molecule has 1 heterocycles. The summed E-state index contributed by atoms with van der Waals surface area (Å²) in [5.41, 5.74) is 0.740.